The van der Waals surface area contributed by atoms with E-state index in [0.29, 0.717) is 5.01 Å². The monoisotopic (exact) mass is 356 g/mol. The smallest absolute Gasteiger partial charge is 0.383 e. The predicted octanol–water partition coefficient (Wildman–Crippen LogP) is 3.07. The molecule has 0 radical (unpaired) electrons. The summed E-state index contributed by atoms with van der Waals surface area (Å²) in [5.74, 6) is -1.88. The number of alkyl halides is 6. The summed E-state index contributed by atoms with van der Waals surface area (Å²) in [6, 6.07) is 3.14. The Labute approximate surface area is 133 Å². The van der Waals surface area contributed by atoms with E-state index in [1.165, 1.54) is 13.0 Å². The van der Waals surface area contributed by atoms with E-state index in [2.05, 4.69) is 5.10 Å². The lowest BCUT2D eigenvalue weighted by Crippen LogP contribution is -2.46. The van der Waals surface area contributed by atoms with Gasteiger partial charge in [0.15, 0.2) is 12.3 Å². The number of anilines is 1. The summed E-state index contributed by atoms with van der Waals surface area (Å²) in [6.45, 7) is 2.52. The third-order valence-corrected chi connectivity index (χ3v) is 3.70. The van der Waals surface area contributed by atoms with Gasteiger partial charge in [0.2, 0.25) is 0 Å². The molecule has 0 saturated carbocycles. The Balaban J connectivity index is 2.46. The van der Waals surface area contributed by atoms with E-state index in [4.69, 9.17) is 0 Å². The Kier molecular flexibility index (Phi) is 4.57. The average molecular weight is 356 g/mol. The van der Waals surface area contributed by atoms with E-state index in [9.17, 15) is 36.6 Å². The van der Waals surface area contributed by atoms with E-state index in [0.717, 1.165) is 19.1 Å². The zero-order valence-electron chi connectivity index (χ0n) is 12.5. The van der Waals surface area contributed by atoms with Crippen LogP contribution < -0.4 is 5.01 Å². The third kappa shape index (κ3) is 3.34. The summed E-state index contributed by atoms with van der Waals surface area (Å²) in [5.41, 5.74) is -1.76. The highest BCUT2D eigenvalue weighted by atomic mass is 19.4. The topological polar surface area (TPSA) is 56.1 Å². The lowest BCUT2D eigenvalue weighted by molar-refractivity contribution is -0.219. The summed E-state index contributed by atoms with van der Waals surface area (Å²) < 4.78 is 77.5. The maximum Gasteiger partial charge on any atom is 0.418 e. The molecule has 2 rings (SSSR count). The molecule has 4 nitrogen and oxygen atoms in total. The second-order valence-corrected chi connectivity index (χ2v) is 5.53. The first-order valence-electron chi connectivity index (χ1n) is 6.79. The maximum absolute atomic E-state index is 13.2. The number of rotatable bonds is 2. The Hall–Kier alpha value is -1.81. The van der Waals surface area contributed by atoms with Crippen molar-refractivity contribution in [1.82, 2.24) is 0 Å². The van der Waals surface area contributed by atoms with Gasteiger partial charge in [0.25, 0.3) is 0 Å². The van der Waals surface area contributed by atoms with Crippen LogP contribution in [0.5, 0.6) is 0 Å². The number of nitrogens with zero attached hydrogens (tertiary/aromatic N) is 2. The van der Waals surface area contributed by atoms with Gasteiger partial charge in [-0.25, -0.2) is 5.01 Å². The normalized spacial score (nSPS) is 23.4. The molecule has 10 heteroatoms. The van der Waals surface area contributed by atoms with Crippen LogP contribution in [0.3, 0.4) is 0 Å². The predicted molar refractivity (Wildman–Crippen MR) is 73.3 cm³/mol. The number of aliphatic hydroxyl groups excluding tert-OH is 2. The highest BCUT2D eigenvalue weighted by Gasteiger charge is 2.52. The molecular formula is C14H14F6N2O2. The molecule has 24 heavy (non-hydrogen) atoms. The Morgan fingerprint density at radius 2 is 1.71 bits per heavy atom. The van der Waals surface area contributed by atoms with E-state index in [1.807, 2.05) is 0 Å². The SMILES string of the molecule is CC1=NN(c2ccc(C)cc2C(F)(F)F)C(O)C1C(O)C(F)(F)F. The van der Waals surface area contributed by atoms with Crippen LogP contribution in [-0.4, -0.2) is 34.4 Å². The minimum absolute atomic E-state index is 0.285. The molecule has 0 amide bonds. The largest absolute Gasteiger partial charge is 0.418 e. The van der Waals surface area contributed by atoms with E-state index < -0.39 is 41.9 Å². The second-order valence-electron chi connectivity index (χ2n) is 5.53. The van der Waals surface area contributed by atoms with Crippen molar-refractivity contribution in [3.05, 3.63) is 29.3 Å². The van der Waals surface area contributed by atoms with E-state index in [1.54, 1.807) is 0 Å². The van der Waals surface area contributed by atoms with Crippen LogP contribution >= 0.6 is 0 Å². The molecule has 3 atom stereocenters. The summed E-state index contributed by atoms with van der Waals surface area (Å²) in [4.78, 5) is 0. The molecule has 1 aliphatic heterocycles. The number of aliphatic hydroxyl groups is 2. The molecule has 134 valence electrons. The second kappa shape index (κ2) is 5.92. The van der Waals surface area contributed by atoms with Gasteiger partial charge < -0.3 is 10.2 Å². The van der Waals surface area contributed by atoms with Gasteiger partial charge in [0.05, 0.1) is 17.2 Å². The Bertz CT molecular complexity index is 656. The molecule has 1 aromatic carbocycles. The number of hydrogen-bond acceptors (Lipinski definition) is 4. The van der Waals surface area contributed by atoms with Gasteiger partial charge in [-0.15, -0.1) is 0 Å². The quantitative estimate of drug-likeness (QED) is 0.801. The highest BCUT2D eigenvalue weighted by Crippen LogP contribution is 2.41. The molecule has 1 aromatic rings. The molecule has 3 unspecified atom stereocenters. The van der Waals surface area contributed by atoms with Gasteiger partial charge in [-0.3, -0.25) is 0 Å². The third-order valence-electron chi connectivity index (χ3n) is 3.70. The zero-order chi connectivity index (χ0) is 18.4. The van der Waals surface area contributed by atoms with Crippen LogP contribution in [0.4, 0.5) is 32.0 Å². The van der Waals surface area contributed by atoms with E-state index >= 15 is 0 Å². The molecule has 0 bridgehead atoms. The van der Waals surface area contributed by atoms with Gasteiger partial charge in [-0.2, -0.15) is 31.4 Å². The fourth-order valence-electron chi connectivity index (χ4n) is 2.53. The van der Waals surface area contributed by atoms with Crippen molar-refractivity contribution < 1.29 is 36.6 Å². The fourth-order valence-corrected chi connectivity index (χ4v) is 2.53. The number of halogens is 6. The number of hydrazone groups is 1. The first kappa shape index (κ1) is 18.5. The summed E-state index contributed by atoms with van der Waals surface area (Å²) in [6.07, 6.45) is -14.9. The van der Waals surface area contributed by atoms with Crippen LogP contribution in [0, 0.1) is 12.8 Å². The van der Waals surface area contributed by atoms with Crippen LogP contribution in [0.1, 0.15) is 18.1 Å². The summed E-state index contributed by atoms with van der Waals surface area (Å²) >= 11 is 0. The molecule has 1 aliphatic rings. The van der Waals surface area contributed by atoms with Crippen molar-refractivity contribution in [3.63, 3.8) is 0 Å². The molecule has 0 saturated heterocycles. The van der Waals surface area contributed by atoms with Crippen LogP contribution in [0.25, 0.3) is 0 Å². The van der Waals surface area contributed by atoms with E-state index in [-0.39, 0.29) is 11.3 Å². The number of aryl methyl sites for hydroxylation is 1. The van der Waals surface area contributed by atoms with Crippen LogP contribution in [0.15, 0.2) is 23.3 Å². The lowest BCUT2D eigenvalue weighted by atomic mass is 9.95. The summed E-state index contributed by atoms with van der Waals surface area (Å²) in [7, 11) is 0. The number of hydrogen-bond donors (Lipinski definition) is 2. The van der Waals surface area contributed by atoms with Crippen molar-refractivity contribution >= 4 is 11.4 Å². The average Bonchev–Trinajstić information content (AvgIpc) is 2.71. The molecule has 0 aromatic heterocycles. The fraction of sp³-hybridized carbons (Fsp3) is 0.500. The first-order chi connectivity index (χ1) is 10.8. The molecule has 0 spiro atoms. The van der Waals surface area contributed by atoms with Crippen molar-refractivity contribution in [2.45, 2.75) is 38.5 Å². The maximum atomic E-state index is 13.2. The van der Waals surface area contributed by atoms with Crippen molar-refractivity contribution in [2.24, 2.45) is 11.0 Å². The minimum Gasteiger partial charge on any atom is -0.383 e. The van der Waals surface area contributed by atoms with Gasteiger partial charge in [0, 0.05) is 5.71 Å². The first-order valence-corrected chi connectivity index (χ1v) is 6.79. The van der Waals surface area contributed by atoms with Crippen LogP contribution in [0.2, 0.25) is 0 Å². The van der Waals surface area contributed by atoms with Crippen molar-refractivity contribution in [2.75, 3.05) is 5.01 Å². The van der Waals surface area contributed by atoms with Gasteiger partial charge in [-0.1, -0.05) is 11.6 Å². The molecule has 0 fully saturated rings. The van der Waals surface area contributed by atoms with Gasteiger partial charge >= 0.3 is 12.4 Å². The Morgan fingerprint density at radius 3 is 2.21 bits per heavy atom. The van der Waals surface area contributed by atoms with Gasteiger partial charge in [-0.05, 0) is 26.0 Å². The summed E-state index contributed by atoms with van der Waals surface area (Å²) in [5, 5.41) is 23.5. The highest BCUT2D eigenvalue weighted by molar-refractivity contribution is 5.89. The molecule has 1 heterocycles. The Morgan fingerprint density at radius 1 is 1.12 bits per heavy atom. The zero-order valence-corrected chi connectivity index (χ0v) is 12.5. The van der Waals surface area contributed by atoms with Crippen molar-refractivity contribution in [3.8, 4) is 0 Å². The van der Waals surface area contributed by atoms with Gasteiger partial charge in [0.1, 0.15) is 0 Å². The number of benzene rings is 1. The molecule has 0 aliphatic carbocycles. The van der Waals surface area contributed by atoms with Crippen molar-refractivity contribution in [1.29, 1.82) is 0 Å². The molecule has 2 N–H and O–H groups in total. The standard InChI is InChI=1S/C14H14F6N2O2/c1-6-3-4-9(8(5-6)13(15,16)17)22-12(24)10(7(2)21-22)11(23)14(18,19)20/h3-5,10-12,23-24H,1-2H3. The lowest BCUT2D eigenvalue weighted by Gasteiger charge is -2.28. The van der Waals surface area contributed by atoms with Crippen LogP contribution in [-0.2, 0) is 6.18 Å². The molecular weight excluding hydrogens is 342 g/mol. The minimum atomic E-state index is -5.04.